The summed E-state index contributed by atoms with van der Waals surface area (Å²) < 4.78 is 13.6. The van der Waals surface area contributed by atoms with Gasteiger partial charge in [0.15, 0.2) is 0 Å². The third kappa shape index (κ3) is 3.09. The van der Waals surface area contributed by atoms with Crippen LogP contribution in [0.5, 0.6) is 0 Å². The first-order valence-corrected chi connectivity index (χ1v) is 7.01. The fourth-order valence-electron chi connectivity index (χ4n) is 1.49. The highest BCUT2D eigenvalue weighted by atomic mass is 79.9. The summed E-state index contributed by atoms with van der Waals surface area (Å²) in [5, 5.41) is 0.703. The van der Waals surface area contributed by atoms with Crippen LogP contribution < -0.4 is 0 Å². The van der Waals surface area contributed by atoms with E-state index in [1.165, 1.54) is 6.07 Å². The van der Waals surface area contributed by atoms with Crippen LogP contribution in [-0.2, 0) is 0 Å². The molecule has 0 bridgehead atoms. The minimum Gasteiger partial charge on any atom is -0.206 e. The number of halogens is 4. The smallest absolute Gasteiger partial charge is 0.137 e. The number of alkyl halides is 1. The molecule has 0 amide bonds. The van der Waals surface area contributed by atoms with E-state index in [0.717, 1.165) is 11.1 Å². The van der Waals surface area contributed by atoms with Crippen LogP contribution in [0.25, 0.3) is 0 Å². The molecule has 2 aromatic rings. The topological polar surface area (TPSA) is 0 Å². The van der Waals surface area contributed by atoms with Crippen LogP contribution in [0.3, 0.4) is 0 Å². The molecular weight excluding hydrogens is 370 g/mol. The van der Waals surface area contributed by atoms with Crippen molar-refractivity contribution in [2.24, 2.45) is 0 Å². The Hall–Kier alpha value is -0.380. The van der Waals surface area contributed by atoms with Crippen molar-refractivity contribution in [2.45, 2.75) is 4.83 Å². The van der Waals surface area contributed by atoms with E-state index in [1.807, 2.05) is 24.3 Å². The minimum absolute atomic E-state index is 0.0247. The van der Waals surface area contributed by atoms with Crippen LogP contribution >= 0.6 is 43.5 Å². The molecule has 0 aliphatic heterocycles. The van der Waals surface area contributed by atoms with Gasteiger partial charge in [0.2, 0.25) is 0 Å². The third-order valence-electron chi connectivity index (χ3n) is 2.40. The third-order valence-corrected chi connectivity index (χ3v) is 4.32. The van der Waals surface area contributed by atoms with Crippen LogP contribution in [0.1, 0.15) is 16.0 Å². The van der Waals surface area contributed by atoms with E-state index in [4.69, 9.17) is 11.6 Å². The molecule has 0 heterocycles. The Labute approximate surface area is 121 Å². The van der Waals surface area contributed by atoms with Crippen molar-refractivity contribution in [3.05, 3.63) is 68.9 Å². The monoisotopic (exact) mass is 376 g/mol. The fourth-order valence-corrected chi connectivity index (χ4v) is 2.61. The molecule has 2 aromatic carbocycles. The highest BCUT2D eigenvalue weighted by Crippen LogP contribution is 2.33. The Balaban J connectivity index is 2.33. The predicted molar refractivity (Wildman–Crippen MR) is 76.3 cm³/mol. The lowest BCUT2D eigenvalue weighted by Gasteiger charge is -2.11. The molecule has 2 rings (SSSR count). The van der Waals surface area contributed by atoms with E-state index in [1.54, 1.807) is 12.1 Å². The lowest BCUT2D eigenvalue weighted by Crippen LogP contribution is -1.93. The Kier molecular flexibility index (Phi) is 4.23. The minimum atomic E-state index is -0.260. The average molecular weight is 378 g/mol. The van der Waals surface area contributed by atoms with Crippen LogP contribution in [0, 0.1) is 5.82 Å². The van der Waals surface area contributed by atoms with E-state index in [-0.39, 0.29) is 10.6 Å². The maximum Gasteiger partial charge on any atom is 0.137 e. The highest BCUT2D eigenvalue weighted by Gasteiger charge is 2.11. The van der Waals surface area contributed by atoms with Gasteiger partial charge in [0, 0.05) is 5.02 Å². The number of hydrogen-bond acceptors (Lipinski definition) is 0. The largest absolute Gasteiger partial charge is 0.206 e. The summed E-state index contributed by atoms with van der Waals surface area (Å²) in [7, 11) is 0. The Bertz CT molecular complexity index is 525. The Morgan fingerprint density at radius 1 is 1.00 bits per heavy atom. The summed E-state index contributed by atoms with van der Waals surface area (Å²) in [6.45, 7) is 0. The summed E-state index contributed by atoms with van der Waals surface area (Å²) in [5.41, 5.74) is 2.06. The Morgan fingerprint density at radius 2 is 1.59 bits per heavy atom. The summed E-state index contributed by atoms with van der Waals surface area (Å²) >= 11 is 12.6. The second-order valence-electron chi connectivity index (χ2n) is 3.59. The summed E-state index contributed by atoms with van der Waals surface area (Å²) in [4.78, 5) is 0.0247. The standard InChI is InChI=1S/C13H8Br2ClF/c14-11-7-9(3-6-12(11)17)13(15)8-1-4-10(16)5-2-8/h1-7,13H. The zero-order valence-electron chi connectivity index (χ0n) is 8.63. The maximum absolute atomic E-state index is 13.1. The van der Waals surface area contributed by atoms with Gasteiger partial charge in [-0.15, -0.1) is 0 Å². The van der Waals surface area contributed by atoms with Crippen molar-refractivity contribution in [2.75, 3.05) is 0 Å². The molecule has 0 spiro atoms. The van der Waals surface area contributed by atoms with Gasteiger partial charge in [-0.3, -0.25) is 0 Å². The van der Waals surface area contributed by atoms with Crippen molar-refractivity contribution >= 4 is 43.5 Å². The van der Waals surface area contributed by atoms with E-state index in [2.05, 4.69) is 31.9 Å². The number of benzene rings is 2. The zero-order chi connectivity index (χ0) is 12.4. The van der Waals surface area contributed by atoms with Crippen LogP contribution in [-0.4, -0.2) is 0 Å². The lowest BCUT2D eigenvalue weighted by molar-refractivity contribution is 0.620. The molecule has 88 valence electrons. The first-order valence-electron chi connectivity index (χ1n) is 4.92. The number of hydrogen-bond donors (Lipinski definition) is 0. The molecule has 0 N–H and O–H groups in total. The molecule has 0 radical (unpaired) electrons. The molecule has 0 saturated heterocycles. The second kappa shape index (κ2) is 5.51. The first-order chi connectivity index (χ1) is 8.08. The van der Waals surface area contributed by atoms with Gasteiger partial charge in [0.25, 0.3) is 0 Å². The van der Waals surface area contributed by atoms with Crippen LogP contribution in [0.2, 0.25) is 5.02 Å². The van der Waals surface area contributed by atoms with Gasteiger partial charge in [-0.05, 0) is 51.3 Å². The van der Waals surface area contributed by atoms with E-state index in [9.17, 15) is 4.39 Å². The Morgan fingerprint density at radius 3 is 2.18 bits per heavy atom. The highest BCUT2D eigenvalue weighted by molar-refractivity contribution is 9.10. The molecular formula is C13H8Br2ClF. The lowest BCUT2D eigenvalue weighted by atomic mass is 10.1. The van der Waals surface area contributed by atoms with Crippen LogP contribution in [0.4, 0.5) is 4.39 Å². The summed E-state index contributed by atoms with van der Waals surface area (Å²) in [6.07, 6.45) is 0. The van der Waals surface area contributed by atoms with Gasteiger partial charge in [-0.2, -0.15) is 0 Å². The van der Waals surface area contributed by atoms with E-state index >= 15 is 0 Å². The van der Waals surface area contributed by atoms with Gasteiger partial charge in [0.1, 0.15) is 5.82 Å². The first kappa shape index (κ1) is 13.1. The van der Waals surface area contributed by atoms with Gasteiger partial charge in [-0.25, -0.2) is 4.39 Å². The average Bonchev–Trinajstić information content (AvgIpc) is 2.33. The molecule has 0 aromatic heterocycles. The molecule has 0 aliphatic rings. The molecule has 17 heavy (non-hydrogen) atoms. The number of rotatable bonds is 2. The zero-order valence-corrected chi connectivity index (χ0v) is 12.6. The van der Waals surface area contributed by atoms with Crippen molar-refractivity contribution in [1.29, 1.82) is 0 Å². The summed E-state index contributed by atoms with van der Waals surface area (Å²) in [5.74, 6) is -0.260. The molecule has 4 heteroatoms. The quantitative estimate of drug-likeness (QED) is 0.586. The molecule has 0 fully saturated rings. The van der Waals surface area contributed by atoms with Gasteiger partial charge >= 0.3 is 0 Å². The van der Waals surface area contributed by atoms with Crippen molar-refractivity contribution in [3.63, 3.8) is 0 Å². The van der Waals surface area contributed by atoms with Gasteiger partial charge in [0.05, 0.1) is 9.30 Å². The molecule has 0 nitrogen and oxygen atoms in total. The van der Waals surface area contributed by atoms with Crippen molar-refractivity contribution in [1.82, 2.24) is 0 Å². The van der Waals surface area contributed by atoms with E-state index < -0.39 is 0 Å². The second-order valence-corrected chi connectivity index (χ2v) is 5.79. The van der Waals surface area contributed by atoms with Gasteiger partial charge < -0.3 is 0 Å². The van der Waals surface area contributed by atoms with Crippen LogP contribution in [0.15, 0.2) is 46.9 Å². The molecule has 0 saturated carbocycles. The van der Waals surface area contributed by atoms with Gasteiger partial charge in [-0.1, -0.05) is 45.7 Å². The fraction of sp³-hybridized carbons (Fsp3) is 0.0769. The normalized spacial score (nSPS) is 12.5. The van der Waals surface area contributed by atoms with E-state index in [0.29, 0.717) is 9.50 Å². The maximum atomic E-state index is 13.1. The molecule has 1 atom stereocenters. The predicted octanol–water partition coefficient (Wildman–Crippen LogP) is 5.73. The SMILES string of the molecule is Fc1ccc(C(Br)c2ccc(Cl)cc2)cc1Br. The van der Waals surface area contributed by atoms with Crippen molar-refractivity contribution < 1.29 is 4.39 Å². The molecule has 1 unspecified atom stereocenters. The summed E-state index contributed by atoms with van der Waals surface area (Å²) in [6, 6.07) is 12.5. The van der Waals surface area contributed by atoms with Crippen molar-refractivity contribution in [3.8, 4) is 0 Å². The molecule has 0 aliphatic carbocycles.